The molecule has 2 aliphatic heterocycles. The molecule has 0 bridgehead atoms. The van der Waals surface area contributed by atoms with Crippen molar-refractivity contribution in [1.29, 1.82) is 0 Å². The van der Waals surface area contributed by atoms with Gasteiger partial charge in [0.2, 0.25) is 6.23 Å². The third-order valence-electron chi connectivity index (χ3n) is 7.32. The lowest BCUT2D eigenvalue weighted by molar-refractivity contribution is 0.00578. The summed E-state index contributed by atoms with van der Waals surface area (Å²) in [5, 5.41) is 0.997. The number of hydrogen-bond acceptors (Lipinski definition) is 5. The smallest absolute Gasteiger partial charge is 0.464 e. The molecule has 5 nitrogen and oxygen atoms in total. The van der Waals surface area contributed by atoms with Crippen molar-refractivity contribution in [2.24, 2.45) is 0 Å². The van der Waals surface area contributed by atoms with Crippen molar-refractivity contribution in [2.75, 3.05) is 14.2 Å². The molecule has 4 heterocycles. The molecule has 0 N–H and O–H groups in total. The Balaban J connectivity index is 0.000000568. The molecule has 2 aliphatic rings. The van der Waals surface area contributed by atoms with Gasteiger partial charge in [-0.15, -0.1) is 11.3 Å². The van der Waals surface area contributed by atoms with Crippen LogP contribution in [-0.4, -0.2) is 37.1 Å². The molecule has 0 spiro atoms. The molecular weight excluding hydrogens is 524 g/mol. The van der Waals surface area contributed by atoms with E-state index in [0.29, 0.717) is 11.3 Å². The lowest BCUT2D eigenvalue weighted by Crippen LogP contribution is -2.41. The molecule has 8 heteroatoms. The summed E-state index contributed by atoms with van der Waals surface area (Å²) in [5.41, 5.74) is 3.26. The fourth-order valence-electron chi connectivity index (χ4n) is 4.82. The summed E-state index contributed by atoms with van der Waals surface area (Å²) in [5.74, 6) is 0.307. The molecule has 0 radical (unpaired) electrons. The number of aromatic nitrogens is 1. The number of fused-ring (bicyclic) bond motifs is 5. The second-order valence-electron chi connectivity index (χ2n) is 11.5. The van der Waals surface area contributed by atoms with Crippen molar-refractivity contribution in [3.63, 3.8) is 0 Å². The van der Waals surface area contributed by atoms with Crippen LogP contribution >= 0.6 is 11.3 Å². The maximum atomic E-state index is 15.2. The maximum Gasteiger partial charge on any atom is 0.494 e. The van der Waals surface area contributed by atoms with Gasteiger partial charge in [0, 0.05) is 24.5 Å². The van der Waals surface area contributed by atoms with Gasteiger partial charge in [0.25, 0.3) is 0 Å². The van der Waals surface area contributed by atoms with E-state index in [1.165, 1.54) is 11.3 Å². The molecular formula is C32H41BFNO4S. The first-order valence-electron chi connectivity index (χ1n) is 13.8. The van der Waals surface area contributed by atoms with Crippen LogP contribution in [0.5, 0.6) is 5.75 Å². The number of nitrogens with zero attached hydrogens (tertiary/aromatic N) is 1. The SMILES string of the molecule is CCC.COC.Cc1cc(F)c2c(c1)OC(c1ccc(C)s1)n1c-2cc2cc(B3OC(C)(C)C(C)(C)O3)ccc21. The fourth-order valence-corrected chi connectivity index (χ4v) is 5.72. The van der Waals surface area contributed by atoms with Crippen LogP contribution in [-0.2, 0) is 14.0 Å². The van der Waals surface area contributed by atoms with Crippen LogP contribution in [0.15, 0.2) is 48.5 Å². The van der Waals surface area contributed by atoms with Gasteiger partial charge in [0.15, 0.2) is 0 Å². The summed E-state index contributed by atoms with van der Waals surface area (Å²) < 4.78 is 40.6. The molecule has 0 aliphatic carbocycles. The number of rotatable bonds is 2. The van der Waals surface area contributed by atoms with Gasteiger partial charge in [0.05, 0.1) is 32.9 Å². The highest BCUT2D eigenvalue weighted by atomic mass is 32.1. The van der Waals surface area contributed by atoms with Gasteiger partial charge in [-0.1, -0.05) is 32.4 Å². The summed E-state index contributed by atoms with van der Waals surface area (Å²) in [6, 6.07) is 15.9. The first kappa shape index (κ1) is 30.3. The van der Waals surface area contributed by atoms with E-state index in [1.54, 1.807) is 31.6 Å². The van der Waals surface area contributed by atoms with Crippen molar-refractivity contribution < 1.29 is 23.2 Å². The Labute approximate surface area is 242 Å². The number of methoxy groups -OCH3 is 1. The Morgan fingerprint density at radius 3 is 2.15 bits per heavy atom. The Hall–Kier alpha value is -2.65. The van der Waals surface area contributed by atoms with E-state index in [-0.39, 0.29) is 12.0 Å². The summed E-state index contributed by atoms with van der Waals surface area (Å²) in [6.07, 6.45) is 0.891. The molecule has 2 aromatic heterocycles. The van der Waals surface area contributed by atoms with E-state index in [0.717, 1.165) is 32.5 Å². The topological polar surface area (TPSA) is 41.9 Å². The highest BCUT2D eigenvalue weighted by Crippen LogP contribution is 2.46. The van der Waals surface area contributed by atoms with Crippen LogP contribution in [0.1, 0.15) is 69.5 Å². The zero-order valence-corrected chi connectivity index (χ0v) is 26.2. The first-order chi connectivity index (χ1) is 18.9. The number of benzene rings is 2. The molecule has 214 valence electrons. The Kier molecular flexibility index (Phi) is 8.86. The molecule has 0 saturated carbocycles. The monoisotopic (exact) mass is 565 g/mol. The van der Waals surface area contributed by atoms with Crippen molar-refractivity contribution in [2.45, 2.75) is 79.2 Å². The fraction of sp³-hybridized carbons (Fsp3) is 0.438. The average Bonchev–Trinajstić information content (AvgIpc) is 3.52. The van der Waals surface area contributed by atoms with Gasteiger partial charge < -0.3 is 18.8 Å². The Morgan fingerprint density at radius 1 is 0.950 bits per heavy atom. The zero-order valence-electron chi connectivity index (χ0n) is 25.3. The van der Waals surface area contributed by atoms with Gasteiger partial charge in [0.1, 0.15) is 11.6 Å². The molecule has 40 heavy (non-hydrogen) atoms. The van der Waals surface area contributed by atoms with Gasteiger partial charge in [-0.3, -0.25) is 4.57 Å². The summed E-state index contributed by atoms with van der Waals surface area (Å²) >= 11 is 1.70. The van der Waals surface area contributed by atoms with Crippen molar-refractivity contribution in [1.82, 2.24) is 4.57 Å². The minimum Gasteiger partial charge on any atom is -0.464 e. The third kappa shape index (κ3) is 5.60. The van der Waals surface area contributed by atoms with E-state index in [9.17, 15) is 0 Å². The summed E-state index contributed by atoms with van der Waals surface area (Å²) in [7, 11) is 2.80. The van der Waals surface area contributed by atoms with E-state index >= 15 is 4.39 Å². The number of thiophene rings is 1. The van der Waals surface area contributed by atoms with Crippen molar-refractivity contribution in [3.05, 3.63) is 69.7 Å². The second kappa shape index (κ2) is 11.7. The van der Waals surface area contributed by atoms with Gasteiger partial charge in [-0.25, -0.2) is 4.39 Å². The summed E-state index contributed by atoms with van der Waals surface area (Å²) in [4.78, 5) is 2.29. The predicted octanol–water partition coefficient (Wildman–Crippen LogP) is 8.04. The highest BCUT2D eigenvalue weighted by molar-refractivity contribution is 7.12. The van der Waals surface area contributed by atoms with Crippen LogP contribution in [0.4, 0.5) is 4.39 Å². The van der Waals surface area contributed by atoms with Crippen LogP contribution < -0.4 is 10.2 Å². The van der Waals surface area contributed by atoms with Gasteiger partial charge >= 0.3 is 7.12 Å². The minimum atomic E-state index is -0.454. The second-order valence-corrected chi connectivity index (χ2v) is 12.8. The molecule has 4 aromatic rings. The summed E-state index contributed by atoms with van der Waals surface area (Å²) in [6.45, 7) is 16.4. The van der Waals surface area contributed by atoms with Crippen molar-refractivity contribution >= 4 is 34.8 Å². The standard InChI is InChI=1S/C27H27BFNO3S.C3H8.C2H6O/c1-15-11-19(29)24-21-14-17-13-18(28-32-26(3,4)27(5,6)33-28)8-9-20(17)30(21)25(31-22(24)12-15)23-10-7-16(2)34-23;2*1-3-2/h7-14,25H,1-6H3;3H2,1-2H3;1-2H3. The highest BCUT2D eigenvalue weighted by Gasteiger charge is 2.51. The largest absolute Gasteiger partial charge is 0.494 e. The number of aryl methyl sites for hydroxylation is 2. The molecule has 1 saturated heterocycles. The molecule has 1 atom stereocenters. The van der Waals surface area contributed by atoms with Gasteiger partial charge in [-0.05, 0) is 89.0 Å². The van der Waals surface area contributed by atoms with E-state index in [4.69, 9.17) is 14.0 Å². The Bertz CT molecular complexity index is 1470. The number of hydrogen-bond donors (Lipinski definition) is 0. The first-order valence-corrected chi connectivity index (χ1v) is 14.6. The third-order valence-corrected chi connectivity index (χ3v) is 8.35. The van der Waals surface area contributed by atoms with Crippen LogP contribution in [0.2, 0.25) is 0 Å². The van der Waals surface area contributed by atoms with Crippen LogP contribution in [0.3, 0.4) is 0 Å². The van der Waals surface area contributed by atoms with E-state index in [2.05, 4.69) is 88.1 Å². The lowest BCUT2D eigenvalue weighted by Gasteiger charge is -2.32. The average molecular weight is 566 g/mol. The van der Waals surface area contributed by atoms with Crippen LogP contribution in [0.25, 0.3) is 22.2 Å². The number of ether oxygens (including phenoxy) is 2. The quantitative estimate of drug-likeness (QED) is 0.231. The zero-order chi connectivity index (χ0) is 29.4. The van der Waals surface area contributed by atoms with Crippen molar-refractivity contribution in [3.8, 4) is 17.0 Å². The molecule has 2 aromatic carbocycles. The normalized spacial score (nSPS) is 18.2. The molecule has 1 unspecified atom stereocenters. The Morgan fingerprint density at radius 2 is 1.57 bits per heavy atom. The minimum absolute atomic E-state index is 0.272. The maximum absolute atomic E-state index is 15.2. The van der Waals surface area contributed by atoms with Gasteiger partial charge in [-0.2, -0.15) is 0 Å². The predicted molar refractivity (Wildman–Crippen MR) is 165 cm³/mol. The molecule has 1 fully saturated rings. The van der Waals surface area contributed by atoms with Crippen LogP contribution in [0, 0.1) is 19.7 Å². The lowest BCUT2D eigenvalue weighted by atomic mass is 9.78. The number of halogens is 1. The molecule has 6 rings (SSSR count). The van der Waals surface area contributed by atoms with E-state index < -0.39 is 18.3 Å². The molecule has 0 amide bonds. The van der Waals surface area contributed by atoms with E-state index in [1.807, 2.05) is 19.1 Å².